The number of unbranched alkanes of at least 4 members (excludes halogenated alkanes) is 2. The number of likely N-dealkylation sites (N-methyl/N-ethyl adjacent to an activating group) is 1. The van der Waals surface area contributed by atoms with Gasteiger partial charge in [0.25, 0.3) is 0 Å². The Kier molecular flexibility index (Phi) is 7.23. The number of benzene rings is 2. The number of nitrogens with one attached hydrogen (secondary N) is 1. The van der Waals surface area contributed by atoms with Crippen LogP contribution < -0.4 is 16.0 Å². The van der Waals surface area contributed by atoms with Crippen LogP contribution in [0.3, 0.4) is 0 Å². The number of carbonyl (C=O) groups is 2. The summed E-state index contributed by atoms with van der Waals surface area (Å²) in [5, 5.41) is 2.83. The number of nitrogens with two attached hydrogens (primary N) is 1. The fraction of sp³-hybridized carbons (Fsp3) is 0.400. The quantitative estimate of drug-likeness (QED) is 0.642. The van der Waals surface area contributed by atoms with Crippen LogP contribution in [0.5, 0.6) is 0 Å². The lowest BCUT2D eigenvalue weighted by Gasteiger charge is -2.38. The molecular formula is C25H32N4O2. The molecule has 1 aliphatic rings. The highest BCUT2D eigenvalue weighted by molar-refractivity contribution is 6.17. The van der Waals surface area contributed by atoms with E-state index in [2.05, 4.69) is 12.2 Å². The fourth-order valence-electron chi connectivity index (χ4n) is 3.95. The van der Waals surface area contributed by atoms with Crippen LogP contribution >= 0.6 is 0 Å². The van der Waals surface area contributed by atoms with Crippen molar-refractivity contribution in [3.05, 3.63) is 65.7 Å². The van der Waals surface area contributed by atoms with Crippen LogP contribution in [0.25, 0.3) is 0 Å². The van der Waals surface area contributed by atoms with Crippen LogP contribution in [0.1, 0.15) is 50.7 Å². The molecule has 0 saturated heterocycles. The standard InChI is InChI=1S/C25H32N4O2/c1-4-5-7-16-22(30)28-18(2)24(31)25(26)17-27-23(19-12-8-6-9-13-19)20-14-10-11-15-21(20)29(25)3/h6,8-15,18H,4-5,7,16-17,26H2,1-3H3,(H,28,30). The number of aliphatic imine (C=N–C) groups is 1. The first-order valence-corrected chi connectivity index (χ1v) is 10.9. The maximum absolute atomic E-state index is 13.5. The highest BCUT2D eigenvalue weighted by Crippen LogP contribution is 2.31. The van der Waals surface area contributed by atoms with Crippen molar-refractivity contribution in [2.75, 3.05) is 18.5 Å². The molecule has 2 atom stereocenters. The normalized spacial score (nSPS) is 19.1. The first-order valence-electron chi connectivity index (χ1n) is 10.9. The highest BCUT2D eigenvalue weighted by atomic mass is 16.2. The van der Waals surface area contributed by atoms with Crippen molar-refractivity contribution >= 4 is 23.1 Å². The van der Waals surface area contributed by atoms with Gasteiger partial charge >= 0.3 is 0 Å². The van der Waals surface area contributed by atoms with E-state index in [4.69, 9.17) is 10.7 Å². The molecule has 0 aromatic heterocycles. The Morgan fingerprint density at radius 1 is 1.13 bits per heavy atom. The highest BCUT2D eigenvalue weighted by Gasteiger charge is 2.43. The molecule has 0 bridgehead atoms. The Balaban J connectivity index is 1.90. The third-order valence-electron chi connectivity index (χ3n) is 5.85. The van der Waals surface area contributed by atoms with Crippen molar-refractivity contribution in [2.45, 2.75) is 51.2 Å². The number of Topliss-reactive ketones (excluding diaryl/α,β-unsaturated/α-hetero) is 1. The van der Waals surface area contributed by atoms with Gasteiger partial charge in [0.1, 0.15) is 0 Å². The predicted molar refractivity (Wildman–Crippen MR) is 125 cm³/mol. The number of fused-ring (bicyclic) bond motifs is 1. The molecule has 6 nitrogen and oxygen atoms in total. The molecule has 1 amide bonds. The number of amides is 1. The van der Waals surface area contributed by atoms with Crippen LogP contribution in [0.2, 0.25) is 0 Å². The second-order valence-corrected chi connectivity index (χ2v) is 8.14. The lowest BCUT2D eigenvalue weighted by molar-refractivity contribution is -0.130. The Labute approximate surface area is 184 Å². The molecule has 6 heteroatoms. The van der Waals surface area contributed by atoms with E-state index in [1.54, 1.807) is 11.8 Å². The number of rotatable bonds is 8. The van der Waals surface area contributed by atoms with Gasteiger partial charge in [-0.15, -0.1) is 0 Å². The molecule has 2 unspecified atom stereocenters. The lowest BCUT2D eigenvalue weighted by atomic mass is 9.96. The average Bonchev–Trinajstić information content (AvgIpc) is 2.89. The van der Waals surface area contributed by atoms with E-state index in [1.165, 1.54) is 0 Å². The molecule has 3 rings (SSSR count). The van der Waals surface area contributed by atoms with Gasteiger partial charge in [-0.1, -0.05) is 68.3 Å². The second-order valence-electron chi connectivity index (χ2n) is 8.14. The summed E-state index contributed by atoms with van der Waals surface area (Å²) >= 11 is 0. The summed E-state index contributed by atoms with van der Waals surface area (Å²) in [4.78, 5) is 32.3. The van der Waals surface area contributed by atoms with Crippen molar-refractivity contribution < 1.29 is 9.59 Å². The number of ketones is 1. The van der Waals surface area contributed by atoms with Gasteiger partial charge < -0.3 is 16.0 Å². The van der Waals surface area contributed by atoms with Gasteiger partial charge in [-0.2, -0.15) is 0 Å². The topological polar surface area (TPSA) is 87.8 Å². The van der Waals surface area contributed by atoms with Gasteiger partial charge in [-0.3, -0.25) is 14.6 Å². The summed E-state index contributed by atoms with van der Waals surface area (Å²) in [5.74, 6) is -0.380. The molecule has 0 radical (unpaired) electrons. The zero-order chi connectivity index (χ0) is 22.4. The number of hydrogen-bond donors (Lipinski definition) is 2. The number of carbonyl (C=O) groups excluding carboxylic acids is 2. The first-order chi connectivity index (χ1) is 14.9. The number of benzodiazepines with no additional fused rings is 1. The van der Waals surface area contributed by atoms with Gasteiger partial charge in [0, 0.05) is 30.3 Å². The van der Waals surface area contributed by atoms with E-state index >= 15 is 0 Å². The van der Waals surface area contributed by atoms with Crippen LogP contribution in [-0.2, 0) is 9.59 Å². The smallest absolute Gasteiger partial charge is 0.220 e. The SMILES string of the molecule is CCCCCC(=O)NC(C)C(=O)C1(N)CN=C(c2ccccc2)c2ccccc2N1C. The first kappa shape index (κ1) is 22.7. The molecule has 31 heavy (non-hydrogen) atoms. The van der Waals surface area contributed by atoms with Crippen LogP contribution in [-0.4, -0.2) is 42.7 Å². The fourth-order valence-corrected chi connectivity index (χ4v) is 3.95. The molecule has 3 N–H and O–H groups in total. The van der Waals surface area contributed by atoms with Gasteiger partial charge in [-0.25, -0.2) is 0 Å². The molecule has 0 saturated carbocycles. The summed E-state index contributed by atoms with van der Waals surface area (Å²) in [5.41, 5.74) is 8.88. The summed E-state index contributed by atoms with van der Waals surface area (Å²) in [6.45, 7) is 3.88. The van der Waals surface area contributed by atoms with Gasteiger partial charge in [0.15, 0.2) is 11.4 Å². The van der Waals surface area contributed by atoms with Gasteiger partial charge in [0.05, 0.1) is 18.3 Å². The molecule has 2 aromatic rings. The average molecular weight is 421 g/mol. The van der Waals surface area contributed by atoms with E-state index in [-0.39, 0.29) is 18.2 Å². The Morgan fingerprint density at radius 2 is 1.81 bits per heavy atom. The predicted octanol–water partition coefficient (Wildman–Crippen LogP) is 3.28. The third kappa shape index (κ3) is 4.85. The van der Waals surface area contributed by atoms with Crippen molar-refractivity contribution in [3.63, 3.8) is 0 Å². The molecular weight excluding hydrogens is 388 g/mol. The molecule has 0 aliphatic carbocycles. The summed E-state index contributed by atoms with van der Waals surface area (Å²) in [6.07, 6.45) is 3.26. The molecule has 1 heterocycles. The molecule has 2 aromatic carbocycles. The lowest BCUT2D eigenvalue weighted by Crippen LogP contribution is -2.66. The number of para-hydroxylation sites is 1. The number of anilines is 1. The van der Waals surface area contributed by atoms with Crippen LogP contribution in [0.15, 0.2) is 59.6 Å². The van der Waals surface area contributed by atoms with E-state index in [0.29, 0.717) is 6.42 Å². The van der Waals surface area contributed by atoms with Crippen molar-refractivity contribution in [2.24, 2.45) is 10.7 Å². The zero-order valence-corrected chi connectivity index (χ0v) is 18.6. The number of hydrogen-bond acceptors (Lipinski definition) is 5. The van der Waals surface area contributed by atoms with Crippen molar-refractivity contribution in [1.29, 1.82) is 0 Å². The van der Waals surface area contributed by atoms with Gasteiger partial charge in [-0.05, 0) is 19.4 Å². The largest absolute Gasteiger partial charge is 0.348 e. The third-order valence-corrected chi connectivity index (χ3v) is 5.85. The van der Waals surface area contributed by atoms with Crippen molar-refractivity contribution in [3.8, 4) is 0 Å². The summed E-state index contributed by atoms with van der Waals surface area (Å²) in [6, 6.07) is 17.0. The van der Waals surface area contributed by atoms with E-state index in [9.17, 15) is 9.59 Å². The molecule has 1 aliphatic heterocycles. The van der Waals surface area contributed by atoms with Crippen LogP contribution in [0.4, 0.5) is 5.69 Å². The Bertz CT molecular complexity index is 957. The van der Waals surface area contributed by atoms with E-state index < -0.39 is 11.7 Å². The maximum atomic E-state index is 13.5. The van der Waals surface area contributed by atoms with E-state index in [0.717, 1.165) is 41.8 Å². The maximum Gasteiger partial charge on any atom is 0.220 e. The summed E-state index contributed by atoms with van der Waals surface area (Å²) < 4.78 is 0. The minimum Gasteiger partial charge on any atom is -0.348 e. The molecule has 0 fully saturated rings. The van der Waals surface area contributed by atoms with Crippen LogP contribution in [0, 0.1) is 0 Å². The Morgan fingerprint density at radius 3 is 2.52 bits per heavy atom. The number of nitrogens with zero attached hydrogens (tertiary/aromatic N) is 2. The summed E-state index contributed by atoms with van der Waals surface area (Å²) in [7, 11) is 1.82. The monoisotopic (exact) mass is 420 g/mol. The minimum absolute atomic E-state index is 0.0945. The Hall–Kier alpha value is -2.99. The molecule has 0 spiro atoms. The second kappa shape index (κ2) is 9.88. The van der Waals surface area contributed by atoms with Gasteiger partial charge in [0.2, 0.25) is 5.91 Å². The van der Waals surface area contributed by atoms with Crippen molar-refractivity contribution in [1.82, 2.24) is 5.32 Å². The molecule has 164 valence electrons. The zero-order valence-electron chi connectivity index (χ0n) is 18.6. The van der Waals surface area contributed by atoms with E-state index in [1.807, 2.05) is 61.6 Å². The minimum atomic E-state index is -1.37.